The van der Waals surface area contributed by atoms with Crippen molar-refractivity contribution in [2.24, 2.45) is 5.10 Å². The zero-order chi connectivity index (χ0) is 14.9. The molecule has 2 aromatic carbocycles. The van der Waals surface area contributed by atoms with Crippen LogP contribution in [0.5, 0.6) is 5.75 Å². The van der Waals surface area contributed by atoms with Gasteiger partial charge in [0.25, 0.3) is 0 Å². The zero-order valence-corrected chi connectivity index (χ0v) is 12.0. The third-order valence-corrected chi connectivity index (χ3v) is 2.80. The summed E-state index contributed by atoms with van der Waals surface area (Å²) in [6.07, 6.45) is 1.93. The van der Waals surface area contributed by atoms with Crippen molar-refractivity contribution in [3.63, 3.8) is 0 Å². The van der Waals surface area contributed by atoms with Crippen molar-refractivity contribution in [1.29, 1.82) is 0 Å². The van der Waals surface area contributed by atoms with Crippen LogP contribution in [-0.2, 0) is 11.2 Å². The number of amides is 1. The predicted molar refractivity (Wildman–Crippen MR) is 83.5 cm³/mol. The zero-order valence-electron chi connectivity index (χ0n) is 12.0. The van der Waals surface area contributed by atoms with Crippen molar-refractivity contribution < 1.29 is 9.53 Å². The van der Waals surface area contributed by atoms with Crippen LogP contribution in [0.3, 0.4) is 0 Å². The fourth-order valence-corrected chi connectivity index (χ4v) is 1.82. The molecule has 0 aliphatic carbocycles. The minimum Gasteiger partial charge on any atom is -0.494 e. The summed E-state index contributed by atoms with van der Waals surface area (Å²) in [5, 5.41) is 3.95. The molecule has 2 rings (SSSR count). The van der Waals surface area contributed by atoms with Gasteiger partial charge in [-0.2, -0.15) is 5.10 Å². The average molecular weight is 282 g/mol. The third kappa shape index (κ3) is 5.10. The lowest BCUT2D eigenvalue weighted by Gasteiger charge is -2.02. The molecule has 108 valence electrons. The molecule has 0 unspecified atom stereocenters. The standard InChI is InChI=1S/C17H18N2O2/c1-2-21-16-10-8-15(9-11-16)13-18-19-17(20)12-14-6-4-3-5-7-14/h3-11,13H,2,12H2,1H3,(H,19,20)/b18-13-. The minimum atomic E-state index is -0.136. The number of carbonyl (C=O) groups excluding carboxylic acids is 1. The Bertz CT molecular complexity index is 592. The van der Waals surface area contributed by atoms with E-state index < -0.39 is 0 Å². The van der Waals surface area contributed by atoms with Gasteiger partial charge in [-0.15, -0.1) is 0 Å². The number of hydrogen-bond donors (Lipinski definition) is 1. The van der Waals surface area contributed by atoms with Crippen LogP contribution in [0.2, 0.25) is 0 Å². The summed E-state index contributed by atoms with van der Waals surface area (Å²) in [7, 11) is 0. The van der Waals surface area contributed by atoms with Crippen LogP contribution >= 0.6 is 0 Å². The van der Waals surface area contributed by atoms with Crippen molar-refractivity contribution >= 4 is 12.1 Å². The number of rotatable bonds is 6. The molecule has 0 aliphatic rings. The van der Waals surface area contributed by atoms with Crippen molar-refractivity contribution in [3.05, 3.63) is 65.7 Å². The molecular weight excluding hydrogens is 264 g/mol. The normalized spacial score (nSPS) is 10.5. The summed E-state index contributed by atoms with van der Waals surface area (Å²) in [4.78, 5) is 11.7. The fourth-order valence-electron chi connectivity index (χ4n) is 1.82. The first-order chi connectivity index (χ1) is 10.3. The average Bonchev–Trinajstić information content (AvgIpc) is 2.50. The molecule has 1 amide bonds. The molecule has 0 fully saturated rings. The Morgan fingerprint density at radius 1 is 1.14 bits per heavy atom. The first kappa shape index (κ1) is 14.8. The largest absolute Gasteiger partial charge is 0.494 e. The Morgan fingerprint density at radius 2 is 1.86 bits per heavy atom. The van der Waals surface area contributed by atoms with E-state index in [0.717, 1.165) is 16.9 Å². The van der Waals surface area contributed by atoms with E-state index in [1.807, 2.05) is 61.5 Å². The van der Waals surface area contributed by atoms with Gasteiger partial charge in [-0.3, -0.25) is 4.79 Å². The van der Waals surface area contributed by atoms with E-state index in [9.17, 15) is 4.79 Å². The highest BCUT2D eigenvalue weighted by atomic mass is 16.5. The van der Waals surface area contributed by atoms with Gasteiger partial charge in [-0.05, 0) is 42.3 Å². The Balaban J connectivity index is 1.83. The Kier molecular flexibility index (Phi) is 5.52. The molecule has 0 saturated heterocycles. The van der Waals surface area contributed by atoms with E-state index in [2.05, 4.69) is 10.5 Å². The molecule has 0 spiro atoms. The molecule has 0 atom stereocenters. The maximum atomic E-state index is 11.7. The van der Waals surface area contributed by atoms with Crippen LogP contribution in [0, 0.1) is 0 Å². The second-order valence-electron chi connectivity index (χ2n) is 4.46. The smallest absolute Gasteiger partial charge is 0.244 e. The van der Waals surface area contributed by atoms with E-state index in [-0.39, 0.29) is 5.91 Å². The van der Waals surface area contributed by atoms with Gasteiger partial charge in [0.15, 0.2) is 0 Å². The SMILES string of the molecule is CCOc1ccc(/C=N\NC(=O)Cc2ccccc2)cc1. The highest BCUT2D eigenvalue weighted by Crippen LogP contribution is 2.10. The summed E-state index contributed by atoms with van der Waals surface area (Å²) in [5.74, 6) is 0.686. The molecule has 0 aliphatic heterocycles. The molecule has 2 aromatic rings. The van der Waals surface area contributed by atoms with Gasteiger partial charge in [-0.1, -0.05) is 30.3 Å². The number of ether oxygens (including phenoxy) is 1. The van der Waals surface area contributed by atoms with Crippen LogP contribution in [0.15, 0.2) is 59.7 Å². The molecule has 0 aromatic heterocycles. The Labute approximate surface area is 124 Å². The summed E-state index contributed by atoms with van der Waals surface area (Å²) in [5.41, 5.74) is 4.38. The van der Waals surface area contributed by atoms with Crippen molar-refractivity contribution in [2.75, 3.05) is 6.61 Å². The van der Waals surface area contributed by atoms with E-state index in [4.69, 9.17) is 4.74 Å². The first-order valence-electron chi connectivity index (χ1n) is 6.86. The predicted octanol–water partition coefficient (Wildman–Crippen LogP) is 2.78. The van der Waals surface area contributed by atoms with Crippen LogP contribution < -0.4 is 10.2 Å². The van der Waals surface area contributed by atoms with Gasteiger partial charge >= 0.3 is 0 Å². The van der Waals surface area contributed by atoms with E-state index in [1.165, 1.54) is 0 Å². The van der Waals surface area contributed by atoms with E-state index >= 15 is 0 Å². The Morgan fingerprint density at radius 3 is 2.52 bits per heavy atom. The second-order valence-corrected chi connectivity index (χ2v) is 4.46. The van der Waals surface area contributed by atoms with E-state index in [1.54, 1.807) is 6.21 Å². The number of nitrogens with zero attached hydrogens (tertiary/aromatic N) is 1. The molecular formula is C17H18N2O2. The Hall–Kier alpha value is -2.62. The van der Waals surface area contributed by atoms with Crippen molar-refractivity contribution in [2.45, 2.75) is 13.3 Å². The molecule has 4 nitrogen and oxygen atoms in total. The lowest BCUT2D eigenvalue weighted by atomic mass is 10.1. The van der Waals surface area contributed by atoms with E-state index in [0.29, 0.717) is 13.0 Å². The van der Waals surface area contributed by atoms with Gasteiger partial charge in [0, 0.05) is 0 Å². The summed E-state index contributed by atoms with van der Waals surface area (Å²) in [6.45, 7) is 2.58. The van der Waals surface area contributed by atoms with Crippen LogP contribution in [0.25, 0.3) is 0 Å². The molecule has 0 saturated carbocycles. The number of nitrogens with one attached hydrogen (secondary N) is 1. The molecule has 0 heterocycles. The summed E-state index contributed by atoms with van der Waals surface area (Å²) >= 11 is 0. The molecule has 21 heavy (non-hydrogen) atoms. The quantitative estimate of drug-likeness (QED) is 0.654. The number of hydrogen-bond acceptors (Lipinski definition) is 3. The van der Waals surface area contributed by atoms with Crippen LogP contribution in [0.1, 0.15) is 18.1 Å². The number of hydrazone groups is 1. The molecule has 0 radical (unpaired) electrons. The third-order valence-electron chi connectivity index (χ3n) is 2.80. The minimum absolute atomic E-state index is 0.136. The highest BCUT2D eigenvalue weighted by Gasteiger charge is 2.00. The van der Waals surface area contributed by atoms with Gasteiger partial charge in [0.1, 0.15) is 5.75 Å². The second kappa shape index (κ2) is 7.85. The monoisotopic (exact) mass is 282 g/mol. The summed E-state index contributed by atoms with van der Waals surface area (Å²) in [6, 6.07) is 17.1. The van der Waals surface area contributed by atoms with Crippen molar-refractivity contribution in [1.82, 2.24) is 5.43 Å². The fraction of sp³-hybridized carbons (Fsp3) is 0.176. The first-order valence-corrected chi connectivity index (χ1v) is 6.86. The number of carbonyl (C=O) groups is 1. The molecule has 0 bridgehead atoms. The van der Waals surface area contributed by atoms with Crippen LogP contribution in [-0.4, -0.2) is 18.7 Å². The molecule has 1 N–H and O–H groups in total. The van der Waals surface area contributed by atoms with Gasteiger partial charge in [-0.25, -0.2) is 5.43 Å². The maximum absolute atomic E-state index is 11.7. The van der Waals surface area contributed by atoms with Crippen LogP contribution in [0.4, 0.5) is 0 Å². The van der Waals surface area contributed by atoms with Gasteiger partial charge in [0.2, 0.25) is 5.91 Å². The topological polar surface area (TPSA) is 50.7 Å². The lowest BCUT2D eigenvalue weighted by molar-refractivity contribution is -0.120. The summed E-state index contributed by atoms with van der Waals surface area (Å²) < 4.78 is 5.36. The van der Waals surface area contributed by atoms with Gasteiger partial charge < -0.3 is 4.74 Å². The highest BCUT2D eigenvalue weighted by molar-refractivity contribution is 5.83. The number of benzene rings is 2. The maximum Gasteiger partial charge on any atom is 0.244 e. The van der Waals surface area contributed by atoms with Crippen molar-refractivity contribution in [3.8, 4) is 5.75 Å². The lowest BCUT2D eigenvalue weighted by Crippen LogP contribution is -2.19. The molecule has 4 heteroatoms. The van der Waals surface area contributed by atoms with Gasteiger partial charge in [0.05, 0.1) is 19.2 Å².